The lowest BCUT2D eigenvalue weighted by atomic mass is 14.0. The zero-order valence-corrected chi connectivity index (χ0v) is 2.95. The summed E-state index contributed by atoms with van der Waals surface area (Å²) < 4.78 is 16.5. The summed E-state index contributed by atoms with van der Waals surface area (Å²) in [5.74, 6) is 0. The fraction of sp³-hybridized carbons (Fsp3) is 0. The van der Waals surface area contributed by atoms with E-state index in [0.29, 0.717) is 0 Å². The highest BCUT2D eigenvalue weighted by molar-refractivity contribution is 2.13. The third kappa shape index (κ3) is 103. The van der Waals surface area contributed by atoms with Crippen molar-refractivity contribution in [3.63, 3.8) is 0 Å². The van der Waals surface area contributed by atoms with Gasteiger partial charge in [-0.25, -0.2) is 0 Å². The van der Waals surface area contributed by atoms with Gasteiger partial charge >= 0.3 is 0 Å². The largest absolute Gasteiger partial charge is 0.544 e. The zero-order valence-electron chi connectivity index (χ0n) is 2.19. The van der Waals surface area contributed by atoms with E-state index < -0.39 is 11.3 Å². The summed E-state index contributed by atoms with van der Waals surface area (Å²) in [5.41, 5.74) is 0. The van der Waals surface area contributed by atoms with Gasteiger partial charge in [0.2, 0.25) is 0 Å². The summed E-state index contributed by atoms with van der Waals surface area (Å²) in [7, 11) is 0. The third-order valence-corrected chi connectivity index (χ3v) is 0. The molecule has 0 fully saturated rings. The molecule has 0 unspecified atom stereocenters. The van der Waals surface area contributed by atoms with Crippen LogP contribution in [0.25, 0.3) is 0 Å². The van der Waals surface area contributed by atoms with Crippen LogP contribution in [0.2, 0.25) is 0 Å². The zero-order chi connectivity index (χ0) is 2.71. The molecule has 0 aliphatic heterocycles. The van der Waals surface area contributed by atoms with Crippen molar-refractivity contribution in [3.8, 4) is 0 Å². The topological polar surface area (TPSA) is 82.6 Å². The average molecular weight is 85.5 g/mol. The standard InChI is InChI=1S/ClO2.H3N/c2-1-3;/h;1H3/q-1;/p+1. The van der Waals surface area contributed by atoms with Crippen molar-refractivity contribution in [3.05, 3.63) is 0 Å². The summed E-state index contributed by atoms with van der Waals surface area (Å²) in [5, 5.41) is 0. The predicted octanol–water partition coefficient (Wildman–Crippen LogP) is -2.00. The molecule has 0 rings (SSSR count). The van der Waals surface area contributed by atoms with Crippen LogP contribution in [0, 0.1) is 11.3 Å². The second-order valence-electron chi connectivity index (χ2n) is 0.0630. The number of hydrogen-bond acceptors (Lipinski definition) is 2. The molecular formula is H4ClNO2. The van der Waals surface area contributed by atoms with Crippen molar-refractivity contribution >= 4 is 0 Å². The van der Waals surface area contributed by atoms with Crippen molar-refractivity contribution < 1.29 is 20.6 Å². The molecule has 3 nitrogen and oxygen atoms in total. The Morgan fingerprint density at radius 3 is 1.25 bits per heavy atom. The quantitative estimate of drug-likeness (QED) is 0.369. The molecule has 0 spiro atoms. The summed E-state index contributed by atoms with van der Waals surface area (Å²) in [6.07, 6.45) is 0. The van der Waals surface area contributed by atoms with Crippen LogP contribution in [0.15, 0.2) is 0 Å². The highest BCUT2D eigenvalue weighted by Gasteiger charge is 1.22. The number of quaternary nitrogens is 1. The van der Waals surface area contributed by atoms with E-state index in [2.05, 4.69) is 0 Å². The Labute approximate surface area is 27.9 Å². The first-order valence-corrected chi connectivity index (χ1v) is 0.926. The fourth-order valence-corrected chi connectivity index (χ4v) is 0. The van der Waals surface area contributed by atoms with Crippen LogP contribution in [0.1, 0.15) is 0 Å². The maximum Gasteiger partial charge on any atom is 0.0878 e. The van der Waals surface area contributed by atoms with E-state index in [4.69, 9.17) is 9.32 Å². The Morgan fingerprint density at radius 2 is 1.25 bits per heavy atom. The predicted molar refractivity (Wildman–Crippen MR) is 5.98 cm³/mol. The second-order valence-corrected chi connectivity index (χ2v) is 0.189. The summed E-state index contributed by atoms with van der Waals surface area (Å²) in [6.45, 7) is 0. The molecule has 4 heteroatoms. The van der Waals surface area contributed by atoms with E-state index in [0.717, 1.165) is 0 Å². The summed E-state index contributed by atoms with van der Waals surface area (Å²) in [6, 6.07) is 0. The molecule has 0 amide bonds. The smallest absolute Gasteiger partial charge is 0.0878 e. The average Bonchev–Trinajstić information content (AvgIpc) is 0.918. The van der Waals surface area contributed by atoms with E-state index in [1.165, 1.54) is 0 Å². The fourth-order valence-electron chi connectivity index (χ4n) is 0. The Kier molecular flexibility index (Phi) is 24.3. The van der Waals surface area contributed by atoms with E-state index in [9.17, 15) is 0 Å². The van der Waals surface area contributed by atoms with Crippen LogP contribution >= 0.6 is 0 Å². The highest BCUT2D eigenvalue weighted by Crippen LogP contribution is 0.940. The van der Waals surface area contributed by atoms with Gasteiger partial charge < -0.3 is 15.5 Å². The number of hydrogen-bond donors (Lipinski definition) is 1. The van der Waals surface area contributed by atoms with Gasteiger partial charge in [0.15, 0.2) is 0 Å². The number of halogens is 1. The van der Waals surface area contributed by atoms with Crippen molar-refractivity contribution in [1.82, 2.24) is 6.15 Å². The van der Waals surface area contributed by atoms with Crippen molar-refractivity contribution in [2.24, 2.45) is 0 Å². The minimum absolute atomic E-state index is 0. The third-order valence-electron chi connectivity index (χ3n) is 0. The van der Waals surface area contributed by atoms with Crippen LogP contribution in [0.5, 0.6) is 0 Å². The minimum Gasteiger partial charge on any atom is -0.544 e. The molecule has 0 aliphatic carbocycles. The van der Waals surface area contributed by atoms with Gasteiger partial charge in [-0.2, -0.15) is 0 Å². The molecule has 0 saturated carbocycles. The van der Waals surface area contributed by atoms with Gasteiger partial charge in [0, 0.05) is 0 Å². The minimum atomic E-state index is -0.417. The van der Waals surface area contributed by atoms with E-state index >= 15 is 0 Å². The Bertz CT molecular complexity index is 6.00. The molecule has 0 heterocycles. The van der Waals surface area contributed by atoms with E-state index in [1.54, 1.807) is 0 Å². The molecule has 0 aromatic heterocycles. The van der Waals surface area contributed by atoms with Gasteiger partial charge in [0.1, 0.15) is 0 Å². The Hall–Kier alpha value is 0.170. The molecule has 28 valence electrons. The SMILES string of the molecule is [NH4+].[O-][Cl+][O-]. The van der Waals surface area contributed by atoms with Crippen LogP contribution in [-0.2, 0) is 0 Å². The van der Waals surface area contributed by atoms with E-state index in [1.807, 2.05) is 0 Å². The lowest BCUT2D eigenvalue weighted by Gasteiger charge is -1.68. The molecule has 0 aliphatic rings. The normalized spacial score (nSPS) is 4.50. The van der Waals surface area contributed by atoms with Crippen LogP contribution in [-0.4, -0.2) is 0 Å². The summed E-state index contributed by atoms with van der Waals surface area (Å²) >= 11 is -0.417. The first-order chi connectivity index (χ1) is 1.41. The van der Waals surface area contributed by atoms with Crippen molar-refractivity contribution in [2.75, 3.05) is 0 Å². The molecule has 0 atom stereocenters. The first-order valence-electron chi connectivity index (χ1n) is 0.309. The molecule has 4 N–H and O–H groups in total. The number of rotatable bonds is 0. The van der Waals surface area contributed by atoms with Crippen LogP contribution in [0.3, 0.4) is 0 Å². The van der Waals surface area contributed by atoms with Crippen LogP contribution < -0.4 is 15.5 Å². The van der Waals surface area contributed by atoms with Gasteiger partial charge in [-0.3, -0.25) is 0 Å². The van der Waals surface area contributed by atoms with Gasteiger partial charge in [0.25, 0.3) is 0 Å². The monoisotopic (exact) mass is 85.0 g/mol. The molecule has 4 heavy (non-hydrogen) atoms. The molecule has 0 aromatic carbocycles. The molecule has 0 bridgehead atoms. The van der Waals surface area contributed by atoms with Gasteiger partial charge in [-0.15, -0.1) is 0 Å². The first kappa shape index (κ1) is 8.90. The highest BCUT2D eigenvalue weighted by atomic mass is 35.6. The lowest BCUT2D eigenvalue weighted by Crippen LogP contribution is -2.13. The molecule has 0 radical (unpaired) electrons. The van der Waals surface area contributed by atoms with Gasteiger partial charge in [-0.1, -0.05) is 0 Å². The van der Waals surface area contributed by atoms with Crippen molar-refractivity contribution in [1.29, 1.82) is 0 Å². The van der Waals surface area contributed by atoms with Crippen LogP contribution in [0.4, 0.5) is 0 Å². The van der Waals surface area contributed by atoms with Gasteiger partial charge in [0.05, 0.1) is 11.3 Å². The van der Waals surface area contributed by atoms with Gasteiger partial charge in [-0.05, 0) is 0 Å². The van der Waals surface area contributed by atoms with E-state index in [-0.39, 0.29) is 6.15 Å². The Balaban J connectivity index is 0. The maximum atomic E-state index is 8.24. The molecule has 0 aromatic rings. The molecular weight excluding hydrogens is 81.5 g/mol. The maximum absolute atomic E-state index is 8.24. The lowest BCUT2D eigenvalue weighted by molar-refractivity contribution is -1.41. The summed E-state index contributed by atoms with van der Waals surface area (Å²) in [4.78, 5) is 0. The Morgan fingerprint density at radius 1 is 1.25 bits per heavy atom. The van der Waals surface area contributed by atoms with Crippen molar-refractivity contribution in [2.45, 2.75) is 0 Å². The second kappa shape index (κ2) is 10.9. The molecule has 0 saturated heterocycles.